The fraction of sp³-hybridized carbons (Fsp3) is 0.929. The Morgan fingerprint density at radius 2 is 1.21 bits per heavy atom. The van der Waals surface area contributed by atoms with Crippen molar-refractivity contribution in [3.05, 3.63) is 0 Å². The first-order valence-corrected chi connectivity index (χ1v) is 7.06. The average Bonchev–Trinajstić information content (AvgIpc) is 2.37. The van der Waals surface area contributed by atoms with Gasteiger partial charge in [-0.15, -0.1) is 0 Å². The Morgan fingerprint density at radius 3 is 1.47 bits per heavy atom. The number of carboxylic acid groups (broad SMARTS) is 1. The number of ether oxygens (including phenoxy) is 1. The first-order valence-electron chi connectivity index (χ1n) is 7.06. The minimum atomic E-state index is -1.25. The van der Waals surface area contributed by atoms with Gasteiger partial charge in [-0.1, -0.05) is 64.7 Å². The fourth-order valence-corrected chi connectivity index (χ4v) is 1.60. The Kier molecular flexibility index (Phi) is 29.8. The van der Waals surface area contributed by atoms with Gasteiger partial charge < -0.3 is 14.9 Å². The molecule has 5 heteroatoms. The molecule has 0 atom stereocenters. The fourth-order valence-electron chi connectivity index (χ4n) is 1.60. The molecule has 0 fully saturated rings. The van der Waals surface area contributed by atoms with E-state index in [1.807, 2.05) is 0 Å². The van der Waals surface area contributed by atoms with E-state index < -0.39 is 6.16 Å². The number of aliphatic hydroxyl groups is 1. The van der Waals surface area contributed by atoms with Crippen molar-refractivity contribution < 1.29 is 19.7 Å². The van der Waals surface area contributed by atoms with Crippen LogP contribution in [-0.2, 0) is 4.74 Å². The minimum absolute atomic E-state index is 0. The molecular formula is C14H30NaO4. The molecule has 0 aromatic rings. The maximum atomic E-state index is 9.15. The Balaban J connectivity index is -0.000000366. The molecule has 0 unspecified atom stereocenters. The molecule has 0 aliphatic heterocycles. The van der Waals surface area contributed by atoms with Gasteiger partial charge in [-0.2, -0.15) is 0 Å². The summed E-state index contributed by atoms with van der Waals surface area (Å²) in [5.74, 6) is 0. The van der Waals surface area contributed by atoms with Gasteiger partial charge in [0.05, 0.1) is 7.11 Å². The van der Waals surface area contributed by atoms with E-state index in [2.05, 4.69) is 11.7 Å². The molecule has 1 radical (unpaired) electrons. The zero-order valence-electron chi connectivity index (χ0n) is 13.0. The summed E-state index contributed by atoms with van der Waals surface area (Å²) in [5, 5.41) is 16.1. The second-order valence-corrected chi connectivity index (χ2v) is 4.38. The summed E-state index contributed by atoms with van der Waals surface area (Å²) in [6, 6.07) is 0. The van der Waals surface area contributed by atoms with E-state index in [1.54, 1.807) is 0 Å². The zero-order valence-corrected chi connectivity index (χ0v) is 15.0. The standard InChI is InChI=1S/C12H26O.C2H4O3.Na/c1-2-3-4-5-6-7-8-9-10-11-12-13;1-5-2(3)4;/h13H,2-12H2,1H3;1H3,(H,3,4);. The number of aliphatic hydroxyl groups excluding tert-OH is 1. The molecule has 0 bridgehead atoms. The van der Waals surface area contributed by atoms with E-state index >= 15 is 0 Å². The van der Waals surface area contributed by atoms with Crippen LogP contribution in [0.25, 0.3) is 0 Å². The van der Waals surface area contributed by atoms with E-state index in [-0.39, 0.29) is 29.6 Å². The summed E-state index contributed by atoms with van der Waals surface area (Å²) in [7, 11) is 1.10. The Morgan fingerprint density at radius 1 is 0.895 bits per heavy atom. The molecule has 0 amide bonds. The van der Waals surface area contributed by atoms with Gasteiger partial charge in [0.1, 0.15) is 0 Å². The third kappa shape index (κ3) is 32.1. The number of unbranched alkanes of at least 4 members (excludes halogenated alkanes) is 9. The van der Waals surface area contributed by atoms with Crippen molar-refractivity contribution in [1.82, 2.24) is 0 Å². The van der Waals surface area contributed by atoms with Crippen molar-refractivity contribution in [2.24, 2.45) is 0 Å². The van der Waals surface area contributed by atoms with Gasteiger partial charge in [0, 0.05) is 36.2 Å². The van der Waals surface area contributed by atoms with E-state index in [0.29, 0.717) is 6.61 Å². The number of methoxy groups -OCH3 is 1. The number of carbonyl (C=O) groups is 1. The Bertz CT molecular complexity index is 156. The summed E-state index contributed by atoms with van der Waals surface area (Å²) in [6.07, 6.45) is 12.1. The molecule has 0 rings (SSSR count). The zero-order chi connectivity index (χ0) is 14.1. The molecule has 0 aliphatic rings. The van der Waals surface area contributed by atoms with Gasteiger partial charge in [0.25, 0.3) is 0 Å². The topological polar surface area (TPSA) is 66.8 Å². The van der Waals surface area contributed by atoms with Crippen molar-refractivity contribution in [3.63, 3.8) is 0 Å². The van der Waals surface area contributed by atoms with Gasteiger partial charge in [-0.25, -0.2) is 4.79 Å². The first kappa shape index (κ1) is 24.3. The van der Waals surface area contributed by atoms with Crippen LogP contribution in [0, 0.1) is 0 Å². The van der Waals surface area contributed by atoms with Crippen LogP contribution in [0.5, 0.6) is 0 Å². The second kappa shape index (κ2) is 23.3. The van der Waals surface area contributed by atoms with E-state index in [1.165, 1.54) is 57.8 Å². The molecule has 0 spiro atoms. The molecular weight excluding hydrogens is 255 g/mol. The molecule has 4 nitrogen and oxygen atoms in total. The van der Waals surface area contributed by atoms with E-state index in [4.69, 9.17) is 15.0 Å². The third-order valence-electron chi connectivity index (χ3n) is 2.69. The molecule has 111 valence electrons. The SMILES string of the molecule is CCCCCCCCCCCCO.COC(=O)O.[Na]. The van der Waals surface area contributed by atoms with Crippen molar-refractivity contribution in [2.75, 3.05) is 13.7 Å². The molecule has 0 saturated heterocycles. The van der Waals surface area contributed by atoms with Crippen molar-refractivity contribution in [2.45, 2.75) is 71.1 Å². The number of hydrogen-bond acceptors (Lipinski definition) is 3. The number of rotatable bonds is 10. The predicted octanol–water partition coefficient (Wildman–Crippen LogP) is 3.83. The molecule has 0 aromatic heterocycles. The molecule has 2 N–H and O–H groups in total. The minimum Gasteiger partial charge on any atom is -0.450 e. The summed E-state index contributed by atoms with van der Waals surface area (Å²) in [4.78, 5) is 9.15. The normalized spacial score (nSPS) is 9.00. The van der Waals surface area contributed by atoms with Gasteiger partial charge in [0.15, 0.2) is 0 Å². The Labute approximate surface area is 140 Å². The van der Waals surface area contributed by atoms with Crippen LogP contribution in [0.15, 0.2) is 0 Å². The van der Waals surface area contributed by atoms with Crippen molar-refractivity contribution >= 4 is 35.7 Å². The van der Waals surface area contributed by atoms with Crippen LogP contribution in [0.4, 0.5) is 4.79 Å². The summed E-state index contributed by atoms with van der Waals surface area (Å²) < 4.78 is 3.67. The molecule has 0 aromatic carbocycles. The third-order valence-corrected chi connectivity index (χ3v) is 2.69. The monoisotopic (exact) mass is 285 g/mol. The van der Waals surface area contributed by atoms with Crippen LogP contribution in [0.1, 0.15) is 71.1 Å². The maximum absolute atomic E-state index is 9.15. The maximum Gasteiger partial charge on any atom is 0.505 e. The van der Waals surface area contributed by atoms with Crippen LogP contribution in [-0.4, -0.2) is 59.6 Å². The predicted molar refractivity (Wildman–Crippen MR) is 79.7 cm³/mol. The molecule has 0 heterocycles. The summed E-state index contributed by atoms with van der Waals surface area (Å²) in [6.45, 7) is 2.63. The van der Waals surface area contributed by atoms with Crippen LogP contribution in [0.2, 0.25) is 0 Å². The second-order valence-electron chi connectivity index (χ2n) is 4.38. The molecule has 19 heavy (non-hydrogen) atoms. The first-order chi connectivity index (χ1) is 8.68. The smallest absolute Gasteiger partial charge is 0.450 e. The van der Waals surface area contributed by atoms with Crippen LogP contribution < -0.4 is 0 Å². The van der Waals surface area contributed by atoms with Gasteiger partial charge >= 0.3 is 6.16 Å². The summed E-state index contributed by atoms with van der Waals surface area (Å²) >= 11 is 0. The average molecular weight is 285 g/mol. The largest absolute Gasteiger partial charge is 0.505 e. The molecule has 0 saturated carbocycles. The van der Waals surface area contributed by atoms with Crippen molar-refractivity contribution in [3.8, 4) is 0 Å². The van der Waals surface area contributed by atoms with Gasteiger partial charge in [-0.3, -0.25) is 0 Å². The quantitative estimate of drug-likeness (QED) is 0.364. The van der Waals surface area contributed by atoms with E-state index in [9.17, 15) is 0 Å². The van der Waals surface area contributed by atoms with Crippen LogP contribution >= 0.6 is 0 Å². The van der Waals surface area contributed by atoms with Gasteiger partial charge in [0.2, 0.25) is 0 Å². The summed E-state index contributed by atoms with van der Waals surface area (Å²) in [5.41, 5.74) is 0. The van der Waals surface area contributed by atoms with Crippen LogP contribution in [0.3, 0.4) is 0 Å². The van der Waals surface area contributed by atoms with Crippen molar-refractivity contribution in [1.29, 1.82) is 0 Å². The Hall–Kier alpha value is 0.230. The number of hydrogen-bond donors (Lipinski definition) is 2. The van der Waals surface area contributed by atoms with E-state index in [0.717, 1.165) is 13.5 Å². The van der Waals surface area contributed by atoms with Gasteiger partial charge in [-0.05, 0) is 6.42 Å². The molecule has 0 aliphatic carbocycles.